The van der Waals surface area contributed by atoms with Crippen LogP contribution in [-0.4, -0.2) is 35.5 Å². The predicted octanol–water partition coefficient (Wildman–Crippen LogP) is 1.79. The highest BCUT2D eigenvalue weighted by Gasteiger charge is 2.21. The Hall–Kier alpha value is -1.36. The zero-order valence-corrected chi connectivity index (χ0v) is 12.1. The number of rotatable bonds is 3. The van der Waals surface area contributed by atoms with Crippen molar-refractivity contribution in [2.75, 3.05) is 24.5 Å². The van der Waals surface area contributed by atoms with Crippen molar-refractivity contribution in [1.29, 1.82) is 0 Å². The Morgan fingerprint density at radius 2 is 2.21 bits per heavy atom. The molecule has 19 heavy (non-hydrogen) atoms. The molecule has 2 heterocycles. The molecule has 5 nitrogen and oxygen atoms in total. The molecule has 0 aromatic carbocycles. The minimum Gasteiger partial charge on any atom is -0.356 e. The molecule has 0 bridgehead atoms. The van der Waals surface area contributed by atoms with Crippen molar-refractivity contribution in [2.45, 2.75) is 26.7 Å². The molecule has 0 spiro atoms. The Morgan fingerprint density at radius 1 is 1.53 bits per heavy atom. The van der Waals surface area contributed by atoms with E-state index in [1.54, 1.807) is 13.1 Å². The van der Waals surface area contributed by atoms with Gasteiger partial charge in [0.25, 0.3) is 0 Å². The molecule has 104 valence electrons. The van der Waals surface area contributed by atoms with Gasteiger partial charge in [0.05, 0.1) is 0 Å². The van der Waals surface area contributed by atoms with Gasteiger partial charge < -0.3 is 10.2 Å². The number of piperidine rings is 1. The summed E-state index contributed by atoms with van der Waals surface area (Å²) in [7, 11) is 0. The van der Waals surface area contributed by atoms with Gasteiger partial charge in [0.15, 0.2) is 0 Å². The van der Waals surface area contributed by atoms with E-state index in [9.17, 15) is 4.79 Å². The quantitative estimate of drug-likeness (QED) is 0.859. The minimum atomic E-state index is 0.0425. The van der Waals surface area contributed by atoms with Gasteiger partial charge in [0.2, 0.25) is 11.2 Å². The number of carbonyl (C=O) groups is 1. The van der Waals surface area contributed by atoms with Crippen molar-refractivity contribution in [3.05, 3.63) is 17.0 Å². The lowest BCUT2D eigenvalue weighted by molar-refractivity contribution is -0.119. The lowest BCUT2D eigenvalue weighted by atomic mass is 9.96. The average molecular weight is 283 g/mol. The first-order valence-electron chi connectivity index (χ1n) is 6.55. The molecular weight excluding hydrogens is 264 g/mol. The third-order valence-corrected chi connectivity index (χ3v) is 3.65. The smallest absolute Gasteiger partial charge is 0.224 e. The highest BCUT2D eigenvalue weighted by atomic mass is 35.5. The minimum absolute atomic E-state index is 0.0425. The van der Waals surface area contributed by atoms with Gasteiger partial charge in [-0.05, 0) is 37.3 Å². The SMILES string of the molecule is CC(=O)NCC1CCN(c2nc(Cl)ncc2C)CC1. The number of nitrogens with zero attached hydrogens (tertiary/aromatic N) is 3. The summed E-state index contributed by atoms with van der Waals surface area (Å²) >= 11 is 5.85. The fourth-order valence-corrected chi connectivity index (χ4v) is 2.50. The van der Waals surface area contributed by atoms with Crippen molar-refractivity contribution < 1.29 is 4.79 Å². The molecule has 1 fully saturated rings. The average Bonchev–Trinajstić information content (AvgIpc) is 2.40. The van der Waals surface area contributed by atoms with Gasteiger partial charge in [0.1, 0.15) is 5.82 Å². The maximum atomic E-state index is 10.9. The van der Waals surface area contributed by atoms with Gasteiger partial charge in [-0.3, -0.25) is 4.79 Å². The van der Waals surface area contributed by atoms with E-state index in [4.69, 9.17) is 11.6 Å². The van der Waals surface area contributed by atoms with Gasteiger partial charge >= 0.3 is 0 Å². The number of nitrogens with one attached hydrogen (secondary N) is 1. The lowest BCUT2D eigenvalue weighted by Crippen LogP contribution is -2.38. The maximum absolute atomic E-state index is 10.9. The summed E-state index contributed by atoms with van der Waals surface area (Å²) in [6, 6.07) is 0. The fourth-order valence-electron chi connectivity index (χ4n) is 2.37. The van der Waals surface area contributed by atoms with Crippen LogP contribution in [0.2, 0.25) is 5.28 Å². The lowest BCUT2D eigenvalue weighted by Gasteiger charge is -2.33. The van der Waals surface area contributed by atoms with E-state index >= 15 is 0 Å². The van der Waals surface area contributed by atoms with Crippen LogP contribution in [0.4, 0.5) is 5.82 Å². The first kappa shape index (κ1) is 14.1. The Bertz CT molecular complexity index is 458. The molecular formula is C13H19ClN4O. The third-order valence-electron chi connectivity index (χ3n) is 3.47. The zero-order valence-electron chi connectivity index (χ0n) is 11.3. The van der Waals surface area contributed by atoms with Crippen molar-refractivity contribution in [1.82, 2.24) is 15.3 Å². The van der Waals surface area contributed by atoms with E-state index < -0.39 is 0 Å². The van der Waals surface area contributed by atoms with Crippen LogP contribution < -0.4 is 10.2 Å². The monoisotopic (exact) mass is 282 g/mol. The van der Waals surface area contributed by atoms with E-state index in [1.165, 1.54) is 0 Å². The van der Waals surface area contributed by atoms with Gasteiger partial charge in [-0.15, -0.1) is 0 Å². The summed E-state index contributed by atoms with van der Waals surface area (Å²) in [5, 5.41) is 3.18. The van der Waals surface area contributed by atoms with Crippen LogP contribution in [0.25, 0.3) is 0 Å². The predicted molar refractivity (Wildman–Crippen MR) is 75.4 cm³/mol. The zero-order chi connectivity index (χ0) is 13.8. The number of aromatic nitrogens is 2. The summed E-state index contributed by atoms with van der Waals surface area (Å²) in [5.74, 6) is 1.52. The normalized spacial score (nSPS) is 16.5. The van der Waals surface area contributed by atoms with Crippen molar-refractivity contribution in [2.24, 2.45) is 5.92 Å². The Balaban J connectivity index is 1.92. The number of anilines is 1. The molecule has 2 rings (SSSR count). The molecule has 0 aliphatic carbocycles. The molecule has 1 aliphatic heterocycles. The van der Waals surface area contributed by atoms with E-state index in [0.29, 0.717) is 11.2 Å². The number of aryl methyl sites for hydroxylation is 1. The third kappa shape index (κ3) is 3.80. The molecule has 1 aliphatic rings. The maximum Gasteiger partial charge on any atom is 0.224 e. The van der Waals surface area contributed by atoms with Crippen LogP contribution in [0.15, 0.2) is 6.20 Å². The Morgan fingerprint density at radius 3 is 2.84 bits per heavy atom. The highest BCUT2D eigenvalue weighted by molar-refractivity contribution is 6.28. The topological polar surface area (TPSA) is 58.1 Å². The Kier molecular flexibility index (Phi) is 4.58. The molecule has 1 saturated heterocycles. The van der Waals surface area contributed by atoms with Crippen LogP contribution in [0.3, 0.4) is 0 Å². The molecule has 0 saturated carbocycles. The second-order valence-corrected chi connectivity index (χ2v) is 5.35. The summed E-state index contributed by atoms with van der Waals surface area (Å²) < 4.78 is 0. The summed E-state index contributed by atoms with van der Waals surface area (Å²) in [6.45, 7) is 6.21. The van der Waals surface area contributed by atoms with E-state index in [-0.39, 0.29) is 5.91 Å². The molecule has 1 aromatic rings. The number of amides is 1. The molecule has 1 aromatic heterocycles. The summed E-state index contributed by atoms with van der Waals surface area (Å²) in [4.78, 5) is 21.4. The van der Waals surface area contributed by atoms with E-state index in [1.807, 2.05) is 6.92 Å². The van der Waals surface area contributed by atoms with Gasteiger partial charge in [-0.25, -0.2) is 9.97 Å². The van der Waals surface area contributed by atoms with E-state index in [0.717, 1.165) is 43.9 Å². The largest absolute Gasteiger partial charge is 0.356 e. The molecule has 0 radical (unpaired) electrons. The highest BCUT2D eigenvalue weighted by Crippen LogP contribution is 2.24. The summed E-state index contributed by atoms with van der Waals surface area (Å²) in [6.07, 6.45) is 3.87. The molecule has 1 amide bonds. The fraction of sp³-hybridized carbons (Fsp3) is 0.615. The standard InChI is InChI=1S/C13H19ClN4O/c1-9-7-16-13(14)17-12(9)18-5-3-11(4-6-18)8-15-10(2)19/h7,11H,3-6,8H2,1-2H3,(H,15,19). The first-order valence-corrected chi connectivity index (χ1v) is 6.92. The van der Waals surface area contributed by atoms with Gasteiger partial charge in [-0.2, -0.15) is 0 Å². The molecule has 1 N–H and O–H groups in total. The van der Waals surface area contributed by atoms with Crippen molar-refractivity contribution in [3.63, 3.8) is 0 Å². The Labute approximate surface area is 118 Å². The number of hydrogen-bond donors (Lipinski definition) is 1. The van der Waals surface area contributed by atoms with Crippen molar-refractivity contribution in [3.8, 4) is 0 Å². The second kappa shape index (κ2) is 6.19. The van der Waals surface area contributed by atoms with Crippen LogP contribution >= 0.6 is 11.6 Å². The second-order valence-electron chi connectivity index (χ2n) is 5.01. The van der Waals surface area contributed by atoms with Crippen molar-refractivity contribution >= 4 is 23.3 Å². The van der Waals surface area contributed by atoms with Gasteiger partial charge in [0, 0.05) is 38.3 Å². The van der Waals surface area contributed by atoms with Crippen LogP contribution in [0.5, 0.6) is 0 Å². The molecule has 6 heteroatoms. The van der Waals surface area contributed by atoms with Crippen LogP contribution in [0, 0.1) is 12.8 Å². The first-order chi connectivity index (χ1) is 9.06. The molecule has 0 atom stereocenters. The van der Waals surface area contributed by atoms with E-state index in [2.05, 4.69) is 20.2 Å². The number of halogens is 1. The van der Waals surface area contributed by atoms with Crippen LogP contribution in [0.1, 0.15) is 25.3 Å². The number of carbonyl (C=O) groups excluding carboxylic acids is 1. The summed E-state index contributed by atoms with van der Waals surface area (Å²) in [5.41, 5.74) is 1.05. The number of hydrogen-bond acceptors (Lipinski definition) is 4. The molecule has 0 unspecified atom stereocenters. The van der Waals surface area contributed by atoms with Gasteiger partial charge in [-0.1, -0.05) is 0 Å². The van der Waals surface area contributed by atoms with Crippen LogP contribution in [-0.2, 0) is 4.79 Å².